The number of aryl methyl sites for hydroxylation is 1. The van der Waals surface area contributed by atoms with Crippen LogP contribution >= 0.6 is 0 Å². The monoisotopic (exact) mass is 419 g/mol. The number of methoxy groups -OCH3 is 2. The smallest absolute Gasteiger partial charge is 0.374 e. The van der Waals surface area contributed by atoms with Gasteiger partial charge in [-0.25, -0.2) is 13.2 Å². The molecule has 0 saturated carbocycles. The second-order valence-electron chi connectivity index (χ2n) is 6.11. The van der Waals surface area contributed by atoms with Crippen molar-refractivity contribution in [2.24, 2.45) is 0 Å². The minimum atomic E-state index is -3.97. The minimum absolute atomic E-state index is 0.0597. The van der Waals surface area contributed by atoms with Crippen LogP contribution < -0.4 is 14.2 Å². The van der Waals surface area contributed by atoms with Crippen molar-refractivity contribution in [2.75, 3.05) is 25.5 Å². The first-order valence-electron chi connectivity index (χ1n) is 8.75. The van der Waals surface area contributed by atoms with Crippen molar-refractivity contribution >= 4 is 32.6 Å². The van der Waals surface area contributed by atoms with Gasteiger partial charge in [0.15, 0.2) is 0 Å². The van der Waals surface area contributed by atoms with Crippen molar-refractivity contribution in [3.8, 4) is 11.5 Å². The molecule has 0 aliphatic rings. The quantitative estimate of drug-likeness (QED) is 0.582. The van der Waals surface area contributed by atoms with Crippen LogP contribution in [0.25, 0.3) is 11.0 Å². The summed E-state index contributed by atoms with van der Waals surface area (Å²) >= 11 is 0. The molecule has 1 aromatic heterocycles. The van der Waals surface area contributed by atoms with Crippen molar-refractivity contribution in [1.29, 1.82) is 0 Å². The molecule has 9 heteroatoms. The van der Waals surface area contributed by atoms with E-state index in [2.05, 4.69) is 4.72 Å². The molecule has 0 spiro atoms. The number of fused-ring (bicyclic) bond motifs is 1. The van der Waals surface area contributed by atoms with Gasteiger partial charge in [-0.1, -0.05) is 0 Å². The van der Waals surface area contributed by atoms with Gasteiger partial charge in [-0.15, -0.1) is 0 Å². The van der Waals surface area contributed by atoms with E-state index in [0.717, 1.165) is 0 Å². The molecule has 0 radical (unpaired) electrons. The van der Waals surface area contributed by atoms with Crippen molar-refractivity contribution in [3.63, 3.8) is 0 Å². The van der Waals surface area contributed by atoms with E-state index in [-0.39, 0.29) is 23.0 Å². The molecule has 29 heavy (non-hydrogen) atoms. The molecule has 0 aliphatic carbocycles. The normalized spacial score (nSPS) is 11.3. The Balaban J connectivity index is 1.99. The van der Waals surface area contributed by atoms with E-state index in [1.54, 1.807) is 38.1 Å². The summed E-state index contributed by atoms with van der Waals surface area (Å²) in [6, 6.07) is 9.23. The fourth-order valence-corrected chi connectivity index (χ4v) is 4.11. The summed E-state index contributed by atoms with van der Waals surface area (Å²) in [6.07, 6.45) is 0. The number of carbonyl (C=O) groups excluding carboxylic acids is 1. The number of benzene rings is 2. The SMILES string of the molecule is CCOC(=O)c1oc2ccc(NS(=O)(=O)c3cc(OC)ccc3OC)cc2c1C. The predicted octanol–water partition coefficient (Wildman–Crippen LogP) is 3.74. The number of hydrogen-bond acceptors (Lipinski definition) is 7. The summed E-state index contributed by atoms with van der Waals surface area (Å²) in [6.45, 7) is 3.64. The fraction of sp³-hybridized carbons (Fsp3) is 0.250. The molecule has 0 amide bonds. The maximum Gasteiger partial charge on any atom is 0.374 e. The van der Waals surface area contributed by atoms with E-state index in [0.29, 0.717) is 28.0 Å². The molecule has 0 atom stereocenters. The molecule has 0 saturated heterocycles. The molecule has 2 aromatic carbocycles. The number of furan rings is 1. The highest BCUT2D eigenvalue weighted by molar-refractivity contribution is 7.92. The van der Waals surface area contributed by atoms with Crippen LogP contribution in [0, 0.1) is 6.92 Å². The summed E-state index contributed by atoms with van der Waals surface area (Å²) < 4.78 is 49.2. The zero-order valence-corrected chi connectivity index (χ0v) is 17.3. The molecule has 0 bridgehead atoms. The van der Waals surface area contributed by atoms with Crippen molar-refractivity contribution in [3.05, 3.63) is 47.7 Å². The van der Waals surface area contributed by atoms with Crippen molar-refractivity contribution < 1.29 is 31.8 Å². The Hall–Kier alpha value is -3.20. The Bertz CT molecular complexity index is 1170. The Labute approximate surface area is 168 Å². The molecule has 1 heterocycles. The lowest BCUT2D eigenvalue weighted by molar-refractivity contribution is 0.0491. The highest BCUT2D eigenvalue weighted by Crippen LogP contribution is 2.32. The summed E-state index contributed by atoms with van der Waals surface area (Å²) in [5.41, 5.74) is 1.33. The first-order chi connectivity index (χ1) is 13.8. The Morgan fingerprint density at radius 2 is 1.86 bits per heavy atom. The van der Waals surface area contributed by atoms with Gasteiger partial charge in [0, 0.05) is 22.7 Å². The number of esters is 1. The zero-order chi connectivity index (χ0) is 21.2. The summed E-state index contributed by atoms with van der Waals surface area (Å²) in [4.78, 5) is 12.0. The number of nitrogens with one attached hydrogen (secondary N) is 1. The second kappa shape index (κ2) is 8.04. The molecule has 8 nitrogen and oxygen atoms in total. The third kappa shape index (κ3) is 4.00. The van der Waals surface area contributed by atoms with Gasteiger partial charge < -0.3 is 18.6 Å². The lowest BCUT2D eigenvalue weighted by atomic mass is 10.1. The maximum atomic E-state index is 12.9. The molecular weight excluding hydrogens is 398 g/mol. The van der Waals surface area contributed by atoms with E-state index in [1.165, 1.54) is 26.4 Å². The topological polar surface area (TPSA) is 104 Å². The van der Waals surface area contributed by atoms with Gasteiger partial charge in [-0.2, -0.15) is 0 Å². The van der Waals surface area contributed by atoms with E-state index in [4.69, 9.17) is 18.6 Å². The lowest BCUT2D eigenvalue weighted by Crippen LogP contribution is -2.14. The van der Waals surface area contributed by atoms with E-state index in [9.17, 15) is 13.2 Å². The van der Waals surface area contributed by atoms with Crippen LogP contribution in [0.1, 0.15) is 23.0 Å². The molecule has 1 N–H and O–H groups in total. The summed E-state index contributed by atoms with van der Waals surface area (Å²) in [7, 11) is -1.13. The molecule has 0 fully saturated rings. The van der Waals surface area contributed by atoms with Gasteiger partial charge in [0.1, 0.15) is 22.0 Å². The van der Waals surface area contributed by atoms with Crippen LogP contribution in [0.4, 0.5) is 5.69 Å². The van der Waals surface area contributed by atoms with Crippen molar-refractivity contribution in [1.82, 2.24) is 0 Å². The van der Waals surface area contributed by atoms with Gasteiger partial charge >= 0.3 is 5.97 Å². The van der Waals surface area contributed by atoms with E-state index in [1.807, 2.05) is 0 Å². The zero-order valence-electron chi connectivity index (χ0n) is 16.4. The lowest BCUT2D eigenvalue weighted by Gasteiger charge is -2.13. The second-order valence-corrected chi connectivity index (χ2v) is 7.76. The molecule has 0 aliphatic heterocycles. The Morgan fingerprint density at radius 3 is 2.52 bits per heavy atom. The van der Waals surface area contributed by atoms with Crippen LogP contribution in [0.2, 0.25) is 0 Å². The highest BCUT2D eigenvalue weighted by Gasteiger charge is 2.23. The average Bonchev–Trinajstić information content (AvgIpc) is 3.03. The molecule has 154 valence electrons. The first kappa shape index (κ1) is 20.5. The average molecular weight is 419 g/mol. The van der Waals surface area contributed by atoms with Crippen LogP contribution in [-0.2, 0) is 14.8 Å². The number of anilines is 1. The number of rotatable bonds is 7. The largest absolute Gasteiger partial charge is 0.497 e. The molecule has 3 rings (SSSR count). The van der Waals surface area contributed by atoms with Crippen LogP contribution in [-0.4, -0.2) is 35.2 Å². The van der Waals surface area contributed by atoms with E-state index < -0.39 is 16.0 Å². The Kier molecular flexibility index (Phi) is 5.69. The van der Waals surface area contributed by atoms with Gasteiger partial charge in [0.25, 0.3) is 10.0 Å². The third-order valence-electron chi connectivity index (χ3n) is 4.31. The molecule has 0 unspecified atom stereocenters. The van der Waals surface area contributed by atoms with Crippen molar-refractivity contribution in [2.45, 2.75) is 18.7 Å². The van der Waals surface area contributed by atoms with Gasteiger partial charge in [-0.3, -0.25) is 4.72 Å². The fourth-order valence-electron chi connectivity index (χ4n) is 2.88. The van der Waals surface area contributed by atoms with Crippen LogP contribution in [0.15, 0.2) is 45.7 Å². The maximum absolute atomic E-state index is 12.9. The van der Waals surface area contributed by atoms with Gasteiger partial charge in [0.05, 0.1) is 20.8 Å². The number of hydrogen-bond donors (Lipinski definition) is 1. The standard InChI is InChI=1S/C20H21NO7S/c1-5-27-20(22)19-12(2)15-10-13(6-8-16(15)28-19)21-29(23,24)18-11-14(25-3)7-9-17(18)26-4/h6-11,21H,5H2,1-4H3. The van der Waals surface area contributed by atoms with Crippen LogP contribution in [0.5, 0.6) is 11.5 Å². The first-order valence-corrected chi connectivity index (χ1v) is 10.2. The molecular formula is C20H21NO7S. The Morgan fingerprint density at radius 1 is 1.10 bits per heavy atom. The van der Waals surface area contributed by atoms with E-state index >= 15 is 0 Å². The van der Waals surface area contributed by atoms with Gasteiger partial charge in [-0.05, 0) is 44.2 Å². The van der Waals surface area contributed by atoms with Crippen LogP contribution in [0.3, 0.4) is 0 Å². The van der Waals surface area contributed by atoms with Gasteiger partial charge in [0.2, 0.25) is 5.76 Å². The minimum Gasteiger partial charge on any atom is -0.497 e. The number of sulfonamides is 1. The number of carbonyl (C=O) groups is 1. The third-order valence-corrected chi connectivity index (χ3v) is 5.71. The summed E-state index contributed by atoms with van der Waals surface area (Å²) in [5, 5.41) is 0.603. The number of ether oxygens (including phenoxy) is 3. The summed E-state index contributed by atoms with van der Waals surface area (Å²) in [5.74, 6) is 0.0932. The highest BCUT2D eigenvalue weighted by atomic mass is 32.2. The molecule has 3 aromatic rings. The predicted molar refractivity (Wildman–Crippen MR) is 107 cm³/mol.